The number of carboxylic acid groups (broad SMARTS) is 1. The summed E-state index contributed by atoms with van der Waals surface area (Å²) in [7, 11) is 1.65. The molecular weight excluding hydrogens is 278 g/mol. The monoisotopic (exact) mass is 295 g/mol. The number of carbonyl (C=O) groups is 1. The highest BCUT2D eigenvalue weighted by Gasteiger charge is 2.06. The predicted molar refractivity (Wildman–Crippen MR) is 85.4 cm³/mol. The Hall–Kier alpha value is -2.75. The van der Waals surface area contributed by atoms with Gasteiger partial charge in [0.2, 0.25) is 0 Å². The number of benzene rings is 2. The predicted octanol–water partition coefficient (Wildman–Crippen LogP) is 3.33. The van der Waals surface area contributed by atoms with Crippen LogP contribution in [0.5, 0.6) is 5.75 Å². The maximum Gasteiger partial charge on any atom is 0.307 e. The van der Waals surface area contributed by atoms with Gasteiger partial charge >= 0.3 is 5.97 Å². The van der Waals surface area contributed by atoms with Crippen molar-refractivity contribution in [3.63, 3.8) is 0 Å². The minimum atomic E-state index is -0.812. The molecule has 0 saturated carbocycles. The molecule has 0 fully saturated rings. The first-order chi connectivity index (χ1) is 10.7. The molecule has 0 aliphatic carbocycles. The first-order valence-electron chi connectivity index (χ1n) is 7.08. The van der Waals surface area contributed by atoms with E-state index in [2.05, 4.69) is 4.57 Å². The van der Waals surface area contributed by atoms with Crippen LogP contribution in [0.25, 0.3) is 10.9 Å². The van der Waals surface area contributed by atoms with Gasteiger partial charge in [0.1, 0.15) is 5.75 Å². The number of methoxy groups -OCH3 is 1. The maximum atomic E-state index is 10.9. The molecule has 4 nitrogen and oxygen atoms in total. The normalized spacial score (nSPS) is 10.8. The van der Waals surface area contributed by atoms with E-state index in [-0.39, 0.29) is 6.42 Å². The second kappa shape index (κ2) is 5.93. The zero-order valence-corrected chi connectivity index (χ0v) is 12.3. The van der Waals surface area contributed by atoms with E-state index in [0.717, 1.165) is 28.8 Å². The Balaban J connectivity index is 1.90. The van der Waals surface area contributed by atoms with Crippen LogP contribution >= 0.6 is 0 Å². The lowest BCUT2D eigenvalue weighted by Gasteiger charge is -2.08. The van der Waals surface area contributed by atoms with Gasteiger partial charge in [0.25, 0.3) is 0 Å². The van der Waals surface area contributed by atoms with E-state index >= 15 is 0 Å². The average Bonchev–Trinajstić information content (AvgIpc) is 2.90. The quantitative estimate of drug-likeness (QED) is 0.785. The lowest BCUT2D eigenvalue weighted by Crippen LogP contribution is -2.01. The molecule has 3 aromatic rings. The summed E-state index contributed by atoms with van der Waals surface area (Å²) in [5.74, 6) is 0.0254. The summed E-state index contributed by atoms with van der Waals surface area (Å²) in [5.41, 5.74) is 3.03. The molecule has 0 aliphatic heterocycles. The van der Waals surface area contributed by atoms with Crippen molar-refractivity contribution in [1.29, 1.82) is 0 Å². The molecule has 0 atom stereocenters. The molecule has 0 amide bonds. The topological polar surface area (TPSA) is 51.5 Å². The van der Waals surface area contributed by atoms with Crippen LogP contribution in [0.1, 0.15) is 11.1 Å². The highest BCUT2D eigenvalue weighted by Crippen LogP contribution is 2.20. The fraction of sp³-hybridized carbons (Fsp3) is 0.167. The lowest BCUT2D eigenvalue weighted by molar-refractivity contribution is -0.136. The number of fused-ring (bicyclic) bond motifs is 1. The van der Waals surface area contributed by atoms with Gasteiger partial charge in [0, 0.05) is 18.3 Å². The molecule has 1 aromatic heterocycles. The largest absolute Gasteiger partial charge is 0.497 e. The van der Waals surface area contributed by atoms with Crippen LogP contribution in [0.3, 0.4) is 0 Å². The summed E-state index contributed by atoms with van der Waals surface area (Å²) in [6.45, 7) is 0.740. The highest BCUT2D eigenvalue weighted by atomic mass is 16.5. The Bertz CT molecular complexity index is 803. The minimum Gasteiger partial charge on any atom is -0.497 e. The van der Waals surface area contributed by atoms with Gasteiger partial charge in [-0.15, -0.1) is 0 Å². The number of aliphatic carboxylic acids is 1. The summed E-state index contributed by atoms with van der Waals surface area (Å²) in [6.07, 6.45) is 2.07. The minimum absolute atomic E-state index is 0.0453. The van der Waals surface area contributed by atoms with Crippen LogP contribution in [0.15, 0.2) is 54.7 Å². The van der Waals surface area contributed by atoms with E-state index in [0.29, 0.717) is 0 Å². The van der Waals surface area contributed by atoms with Gasteiger partial charge in [-0.2, -0.15) is 0 Å². The van der Waals surface area contributed by atoms with Crippen molar-refractivity contribution in [1.82, 2.24) is 4.57 Å². The standard InChI is InChI=1S/C18H17NO3/c1-22-16-6-3-13(4-7-16)12-19-9-8-15-5-2-14(10-17(15)19)11-18(20)21/h2-10H,11-12H2,1H3,(H,20,21). The van der Waals surface area contributed by atoms with Gasteiger partial charge in [-0.1, -0.05) is 24.3 Å². The fourth-order valence-electron chi connectivity index (χ4n) is 2.58. The molecule has 0 bridgehead atoms. The second-order valence-electron chi connectivity index (χ2n) is 5.26. The van der Waals surface area contributed by atoms with Crippen LogP contribution in [0, 0.1) is 0 Å². The number of rotatable bonds is 5. The maximum absolute atomic E-state index is 10.9. The van der Waals surface area contributed by atoms with Crippen LogP contribution in [-0.4, -0.2) is 22.8 Å². The van der Waals surface area contributed by atoms with Crippen LogP contribution in [0.4, 0.5) is 0 Å². The van der Waals surface area contributed by atoms with E-state index in [1.807, 2.05) is 54.7 Å². The van der Waals surface area contributed by atoms with Gasteiger partial charge in [-0.05, 0) is 40.8 Å². The van der Waals surface area contributed by atoms with Crippen molar-refractivity contribution in [3.05, 3.63) is 65.9 Å². The Morgan fingerprint density at radius 3 is 2.50 bits per heavy atom. The van der Waals surface area contributed by atoms with Crippen molar-refractivity contribution in [3.8, 4) is 5.75 Å². The average molecular weight is 295 g/mol. The molecule has 2 aromatic carbocycles. The second-order valence-corrected chi connectivity index (χ2v) is 5.26. The number of hydrogen-bond donors (Lipinski definition) is 1. The summed E-state index contributed by atoms with van der Waals surface area (Å²) in [5, 5.41) is 10.0. The molecule has 0 radical (unpaired) electrons. The van der Waals surface area contributed by atoms with Gasteiger partial charge in [-0.25, -0.2) is 0 Å². The molecule has 4 heteroatoms. The molecule has 112 valence electrons. The summed E-state index contributed by atoms with van der Waals surface area (Å²) >= 11 is 0. The van der Waals surface area contributed by atoms with Gasteiger partial charge < -0.3 is 14.4 Å². The van der Waals surface area contributed by atoms with E-state index in [9.17, 15) is 4.79 Å². The van der Waals surface area contributed by atoms with Gasteiger partial charge in [-0.3, -0.25) is 4.79 Å². The Morgan fingerprint density at radius 2 is 1.82 bits per heavy atom. The van der Waals surface area contributed by atoms with E-state index in [1.54, 1.807) is 7.11 Å². The number of nitrogens with zero attached hydrogens (tertiary/aromatic N) is 1. The van der Waals surface area contributed by atoms with Gasteiger partial charge in [0.05, 0.1) is 13.5 Å². The van der Waals surface area contributed by atoms with Crippen LogP contribution in [0.2, 0.25) is 0 Å². The highest BCUT2D eigenvalue weighted by molar-refractivity contribution is 5.82. The first-order valence-corrected chi connectivity index (χ1v) is 7.08. The molecule has 0 unspecified atom stereocenters. The molecule has 22 heavy (non-hydrogen) atoms. The van der Waals surface area contributed by atoms with Gasteiger partial charge in [0.15, 0.2) is 0 Å². The summed E-state index contributed by atoms with van der Waals surface area (Å²) < 4.78 is 7.29. The van der Waals surface area contributed by atoms with Crippen molar-refractivity contribution in [2.45, 2.75) is 13.0 Å². The molecule has 1 N–H and O–H groups in total. The number of hydrogen-bond acceptors (Lipinski definition) is 2. The van der Waals surface area contributed by atoms with Crippen molar-refractivity contribution in [2.24, 2.45) is 0 Å². The van der Waals surface area contributed by atoms with Crippen molar-refractivity contribution in [2.75, 3.05) is 7.11 Å². The van der Waals surface area contributed by atoms with E-state index < -0.39 is 5.97 Å². The molecule has 0 aliphatic rings. The van der Waals surface area contributed by atoms with Crippen LogP contribution < -0.4 is 4.74 Å². The molecule has 0 saturated heterocycles. The fourth-order valence-corrected chi connectivity index (χ4v) is 2.58. The van der Waals surface area contributed by atoms with Crippen LogP contribution in [-0.2, 0) is 17.8 Å². The molecule has 1 heterocycles. The third kappa shape index (κ3) is 2.96. The smallest absolute Gasteiger partial charge is 0.307 e. The summed E-state index contributed by atoms with van der Waals surface area (Å²) in [4.78, 5) is 10.9. The first kappa shape index (κ1) is 14.2. The summed E-state index contributed by atoms with van der Waals surface area (Å²) in [6, 6.07) is 15.8. The Labute approximate surface area is 128 Å². The molecular formula is C18H17NO3. The molecule has 3 rings (SSSR count). The molecule has 0 spiro atoms. The Kier molecular flexibility index (Phi) is 3.83. The zero-order valence-electron chi connectivity index (χ0n) is 12.3. The number of ether oxygens (including phenoxy) is 1. The van der Waals surface area contributed by atoms with Crippen molar-refractivity contribution < 1.29 is 14.6 Å². The van der Waals surface area contributed by atoms with E-state index in [1.165, 1.54) is 5.56 Å². The zero-order chi connectivity index (χ0) is 15.5. The third-order valence-corrected chi connectivity index (χ3v) is 3.71. The SMILES string of the molecule is COc1ccc(Cn2ccc3ccc(CC(=O)O)cc32)cc1. The number of carboxylic acids is 1. The Morgan fingerprint density at radius 1 is 1.09 bits per heavy atom. The third-order valence-electron chi connectivity index (χ3n) is 3.71. The number of aromatic nitrogens is 1. The van der Waals surface area contributed by atoms with E-state index in [4.69, 9.17) is 9.84 Å². The van der Waals surface area contributed by atoms with Crippen molar-refractivity contribution >= 4 is 16.9 Å². The lowest BCUT2D eigenvalue weighted by atomic mass is 10.1.